The summed E-state index contributed by atoms with van der Waals surface area (Å²) in [6.45, 7) is 7.35. The fourth-order valence-corrected chi connectivity index (χ4v) is 3.59. The van der Waals surface area contributed by atoms with Crippen LogP contribution in [0.15, 0.2) is 4.99 Å². The van der Waals surface area contributed by atoms with Gasteiger partial charge in [0.1, 0.15) is 6.54 Å². The molecule has 30 heavy (non-hydrogen) atoms. The van der Waals surface area contributed by atoms with Gasteiger partial charge < -0.3 is 25.2 Å². The van der Waals surface area contributed by atoms with Crippen LogP contribution in [0.3, 0.4) is 0 Å². The van der Waals surface area contributed by atoms with Crippen molar-refractivity contribution in [3.05, 3.63) is 0 Å². The topological polar surface area (TPSA) is 89.5 Å². The van der Waals surface area contributed by atoms with Crippen LogP contribution in [0.5, 0.6) is 0 Å². The van der Waals surface area contributed by atoms with Crippen LogP contribution in [0.2, 0.25) is 0 Å². The number of nitrogens with one attached hydrogen (secondary N) is 2. The van der Waals surface area contributed by atoms with Gasteiger partial charge >= 0.3 is 0 Å². The fraction of sp³-hybridized carbons (Fsp3) is 0.850. The first-order valence-electron chi connectivity index (χ1n) is 10.7. The highest BCUT2D eigenvalue weighted by Crippen LogP contribution is 2.20. The molecule has 0 aromatic rings. The molecule has 174 valence electrons. The molecule has 0 aromatic heterocycles. The predicted molar refractivity (Wildman–Crippen MR) is 129 cm³/mol. The van der Waals surface area contributed by atoms with Gasteiger partial charge in [-0.3, -0.25) is 14.5 Å². The molecule has 2 rings (SSSR count). The number of amides is 2. The van der Waals surface area contributed by atoms with Gasteiger partial charge in [-0.15, -0.1) is 24.0 Å². The van der Waals surface area contributed by atoms with Crippen LogP contribution < -0.4 is 10.6 Å². The van der Waals surface area contributed by atoms with E-state index in [0.717, 1.165) is 77.7 Å². The number of hydrogen-bond acceptors (Lipinski definition) is 5. The number of halogens is 1. The summed E-state index contributed by atoms with van der Waals surface area (Å²) in [4.78, 5) is 34.4. The van der Waals surface area contributed by atoms with Gasteiger partial charge in [0, 0.05) is 60.3 Å². The van der Waals surface area contributed by atoms with Crippen LogP contribution in [0.4, 0.5) is 0 Å². The minimum absolute atomic E-state index is 0. The van der Waals surface area contributed by atoms with E-state index in [9.17, 15) is 9.59 Å². The van der Waals surface area contributed by atoms with Gasteiger partial charge in [0.25, 0.3) is 0 Å². The van der Waals surface area contributed by atoms with Crippen LogP contribution in [0, 0.1) is 5.92 Å². The summed E-state index contributed by atoms with van der Waals surface area (Å²) in [6, 6.07) is 0. The molecule has 2 amide bonds. The smallest absolute Gasteiger partial charge is 0.243 e. The second kappa shape index (κ2) is 14.8. The highest BCUT2D eigenvalue weighted by atomic mass is 127. The summed E-state index contributed by atoms with van der Waals surface area (Å²) < 4.78 is 5.39. The number of guanidine groups is 1. The summed E-state index contributed by atoms with van der Waals surface area (Å²) in [5.41, 5.74) is 0. The Hall–Kier alpha value is -1.14. The van der Waals surface area contributed by atoms with E-state index < -0.39 is 0 Å². The van der Waals surface area contributed by atoms with E-state index in [2.05, 4.69) is 25.4 Å². The van der Waals surface area contributed by atoms with Gasteiger partial charge in [-0.25, -0.2) is 4.99 Å². The lowest BCUT2D eigenvalue weighted by Gasteiger charge is -2.34. The first kappa shape index (κ1) is 26.9. The predicted octanol–water partition coefficient (Wildman–Crippen LogP) is 0.209. The Morgan fingerprint density at radius 2 is 1.80 bits per heavy atom. The zero-order valence-electron chi connectivity index (χ0n) is 18.7. The van der Waals surface area contributed by atoms with E-state index in [4.69, 9.17) is 4.74 Å². The number of piperidine rings is 1. The molecule has 0 atom stereocenters. The maximum absolute atomic E-state index is 12.0. The van der Waals surface area contributed by atoms with Crippen LogP contribution in [-0.2, 0) is 14.3 Å². The molecular weight excluding hydrogens is 499 g/mol. The third kappa shape index (κ3) is 9.78. The Morgan fingerprint density at radius 3 is 2.40 bits per heavy atom. The monoisotopic (exact) mass is 538 g/mol. The quantitative estimate of drug-likeness (QED) is 0.199. The number of hydrogen-bond donors (Lipinski definition) is 2. The second-order valence-corrected chi connectivity index (χ2v) is 7.97. The number of rotatable bonds is 8. The molecule has 2 aliphatic heterocycles. The normalized spacial score (nSPS) is 18.5. The second-order valence-electron chi connectivity index (χ2n) is 7.97. The number of morpholine rings is 1. The highest BCUT2D eigenvalue weighted by molar-refractivity contribution is 14.0. The third-order valence-corrected chi connectivity index (χ3v) is 5.57. The standard InChI is InChI=1S/C20H38N6O3.HI/c1-21-18(27)15-17-5-9-26(10-6-17)20(23-16-19(28)24(2)3)22-7-4-8-25-11-13-29-14-12-25;/h17H,4-16H2,1-3H3,(H,21,27)(H,22,23);1H. The number of likely N-dealkylation sites (N-methyl/N-ethyl adjacent to an activating group) is 1. The summed E-state index contributed by atoms with van der Waals surface area (Å²) in [5.74, 6) is 1.32. The lowest BCUT2D eigenvalue weighted by Crippen LogP contribution is -2.47. The molecule has 2 fully saturated rings. The molecule has 2 N–H and O–H groups in total. The van der Waals surface area contributed by atoms with Crippen molar-refractivity contribution in [3.63, 3.8) is 0 Å². The van der Waals surface area contributed by atoms with Crippen LogP contribution in [0.1, 0.15) is 25.7 Å². The molecule has 0 radical (unpaired) electrons. The molecule has 0 spiro atoms. The Bertz CT molecular complexity index is 547. The molecule has 9 nitrogen and oxygen atoms in total. The summed E-state index contributed by atoms with van der Waals surface area (Å²) in [7, 11) is 5.18. The lowest BCUT2D eigenvalue weighted by atomic mass is 9.93. The number of nitrogens with zero attached hydrogens (tertiary/aromatic N) is 4. The fourth-order valence-electron chi connectivity index (χ4n) is 3.59. The van der Waals surface area contributed by atoms with Gasteiger partial charge in [0.2, 0.25) is 11.8 Å². The summed E-state index contributed by atoms with van der Waals surface area (Å²) >= 11 is 0. The Labute approximate surface area is 198 Å². The zero-order valence-corrected chi connectivity index (χ0v) is 21.0. The SMILES string of the molecule is CNC(=O)CC1CCN(C(=NCC(=O)N(C)C)NCCCN2CCOCC2)CC1.I. The van der Waals surface area contributed by atoms with Gasteiger partial charge in [-0.05, 0) is 31.7 Å². The van der Waals surface area contributed by atoms with Crippen molar-refractivity contribution in [2.45, 2.75) is 25.7 Å². The van der Waals surface area contributed by atoms with E-state index in [1.54, 1.807) is 26.0 Å². The van der Waals surface area contributed by atoms with Crippen LogP contribution in [-0.4, -0.2) is 113 Å². The van der Waals surface area contributed by atoms with E-state index in [1.165, 1.54) is 0 Å². The Balaban J connectivity index is 0.00000450. The Morgan fingerprint density at radius 1 is 1.13 bits per heavy atom. The van der Waals surface area contributed by atoms with Crippen molar-refractivity contribution >= 4 is 41.8 Å². The van der Waals surface area contributed by atoms with Crippen molar-refractivity contribution in [1.82, 2.24) is 25.3 Å². The molecule has 0 aliphatic carbocycles. The molecule has 0 unspecified atom stereocenters. The molecule has 0 saturated carbocycles. The number of carbonyl (C=O) groups excluding carboxylic acids is 2. The first-order valence-corrected chi connectivity index (χ1v) is 10.7. The molecule has 2 aliphatic rings. The summed E-state index contributed by atoms with van der Waals surface area (Å²) in [6.07, 6.45) is 3.53. The molecular formula is C20H39IN6O3. The Kier molecular flexibility index (Phi) is 13.3. The molecule has 2 saturated heterocycles. The number of carbonyl (C=O) groups is 2. The molecule has 0 aromatic carbocycles. The minimum atomic E-state index is -0.00730. The van der Waals surface area contributed by atoms with Crippen molar-refractivity contribution in [2.24, 2.45) is 10.9 Å². The van der Waals surface area contributed by atoms with E-state index in [0.29, 0.717) is 12.3 Å². The number of ether oxygens (including phenoxy) is 1. The zero-order chi connectivity index (χ0) is 21.1. The number of aliphatic imine (C=N–C) groups is 1. The van der Waals surface area contributed by atoms with Crippen LogP contribution >= 0.6 is 24.0 Å². The first-order chi connectivity index (χ1) is 14.0. The van der Waals surface area contributed by atoms with Gasteiger partial charge in [-0.2, -0.15) is 0 Å². The van der Waals surface area contributed by atoms with Gasteiger partial charge in [0.05, 0.1) is 13.2 Å². The van der Waals surface area contributed by atoms with Crippen LogP contribution in [0.25, 0.3) is 0 Å². The highest BCUT2D eigenvalue weighted by Gasteiger charge is 2.23. The molecule has 0 bridgehead atoms. The van der Waals surface area contributed by atoms with Crippen molar-refractivity contribution in [3.8, 4) is 0 Å². The largest absolute Gasteiger partial charge is 0.379 e. The average Bonchev–Trinajstić information content (AvgIpc) is 2.74. The van der Waals surface area contributed by atoms with E-state index >= 15 is 0 Å². The van der Waals surface area contributed by atoms with E-state index in [-0.39, 0.29) is 42.3 Å². The van der Waals surface area contributed by atoms with Gasteiger partial charge in [-0.1, -0.05) is 0 Å². The third-order valence-electron chi connectivity index (χ3n) is 5.57. The summed E-state index contributed by atoms with van der Waals surface area (Å²) in [5, 5.41) is 6.17. The van der Waals surface area contributed by atoms with Crippen molar-refractivity contribution < 1.29 is 14.3 Å². The van der Waals surface area contributed by atoms with E-state index in [1.807, 2.05) is 0 Å². The maximum atomic E-state index is 12.0. The molecule has 2 heterocycles. The lowest BCUT2D eigenvalue weighted by molar-refractivity contribution is -0.127. The van der Waals surface area contributed by atoms with Crippen molar-refractivity contribution in [1.29, 1.82) is 0 Å². The van der Waals surface area contributed by atoms with Crippen molar-refractivity contribution in [2.75, 3.05) is 80.2 Å². The average molecular weight is 538 g/mol. The molecule has 10 heteroatoms. The minimum Gasteiger partial charge on any atom is -0.379 e. The maximum Gasteiger partial charge on any atom is 0.243 e. The number of likely N-dealkylation sites (tertiary alicyclic amines) is 1. The van der Waals surface area contributed by atoms with Gasteiger partial charge in [0.15, 0.2) is 5.96 Å².